The molecule has 0 saturated heterocycles. The number of carbonyl (C=O) groups is 2. The second kappa shape index (κ2) is 6.00. The van der Waals surface area contributed by atoms with Crippen LogP contribution >= 0.6 is 0 Å². The summed E-state index contributed by atoms with van der Waals surface area (Å²) in [7, 11) is 1.57. The van der Waals surface area contributed by atoms with Crippen LogP contribution in [0.15, 0.2) is 23.1 Å². The van der Waals surface area contributed by atoms with Crippen LogP contribution in [0.25, 0.3) is 0 Å². The van der Waals surface area contributed by atoms with Crippen molar-refractivity contribution in [1.29, 1.82) is 0 Å². The zero-order chi connectivity index (χ0) is 13.7. The Morgan fingerprint density at radius 3 is 2.67 bits per heavy atom. The van der Waals surface area contributed by atoms with Crippen molar-refractivity contribution in [2.45, 2.75) is 25.8 Å². The smallest absolute Gasteiger partial charge is 0.326 e. The third-order valence-corrected chi connectivity index (χ3v) is 2.55. The van der Waals surface area contributed by atoms with Crippen LogP contribution in [0, 0.1) is 0 Å². The van der Waals surface area contributed by atoms with E-state index < -0.39 is 17.9 Å². The van der Waals surface area contributed by atoms with E-state index in [0.717, 1.165) is 0 Å². The van der Waals surface area contributed by atoms with E-state index in [-0.39, 0.29) is 11.1 Å². The Hall–Kier alpha value is -2.11. The summed E-state index contributed by atoms with van der Waals surface area (Å²) < 4.78 is 1.33. The molecule has 18 heavy (non-hydrogen) atoms. The fourth-order valence-corrected chi connectivity index (χ4v) is 1.48. The lowest BCUT2D eigenvalue weighted by atomic mass is 10.1. The van der Waals surface area contributed by atoms with Crippen LogP contribution in [0.1, 0.15) is 30.1 Å². The van der Waals surface area contributed by atoms with Gasteiger partial charge in [0.05, 0.1) is 0 Å². The number of aromatic nitrogens is 1. The van der Waals surface area contributed by atoms with Gasteiger partial charge in [0.15, 0.2) is 0 Å². The zero-order valence-corrected chi connectivity index (χ0v) is 10.3. The monoisotopic (exact) mass is 252 g/mol. The maximum Gasteiger partial charge on any atom is 0.326 e. The van der Waals surface area contributed by atoms with Crippen molar-refractivity contribution in [2.24, 2.45) is 7.05 Å². The number of aryl methyl sites for hydroxylation is 1. The van der Waals surface area contributed by atoms with Gasteiger partial charge in [-0.05, 0) is 12.5 Å². The summed E-state index contributed by atoms with van der Waals surface area (Å²) in [5, 5.41) is 11.3. The summed E-state index contributed by atoms with van der Waals surface area (Å²) in [5.74, 6) is -1.62. The molecular formula is C12H16N2O4. The Balaban J connectivity index is 2.83. The molecule has 1 amide bonds. The van der Waals surface area contributed by atoms with Gasteiger partial charge in [-0.15, -0.1) is 0 Å². The number of carboxylic acid groups (broad SMARTS) is 1. The minimum absolute atomic E-state index is 0.167. The summed E-state index contributed by atoms with van der Waals surface area (Å²) >= 11 is 0. The van der Waals surface area contributed by atoms with E-state index in [1.807, 2.05) is 6.92 Å². The van der Waals surface area contributed by atoms with Gasteiger partial charge in [-0.1, -0.05) is 13.3 Å². The maximum atomic E-state index is 11.8. The number of nitrogens with zero attached hydrogens (tertiary/aromatic N) is 1. The molecule has 1 heterocycles. The molecule has 1 rings (SSSR count). The van der Waals surface area contributed by atoms with Gasteiger partial charge in [0.1, 0.15) is 6.04 Å². The average Bonchev–Trinajstić information content (AvgIpc) is 2.31. The molecule has 0 bridgehead atoms. The van der Waals surface area contributed by atoms with Gasteiger partial charge in [-0.3, -0.25) is 9.59 Å². The summed E-state index contributed by atoms with van der Waals surface area (Å²) in [6.45, 7) is 1.83. The van der Waals surface area contributed by atoms with Gasteiger partial charge in [-0.25, -0.2) is 4.79 Å². The minimum atomic E-state index is -1.07. The Bertz CT molecular complexity index is 507. The highest BCUT2D eigenvalue weighted by Crippen LogP contribution is 2.00. The minimum Gasteiger partial charge on any atom is -0.480 e. The number of hydrogen-bond acceptors (Lipinski definition) is 3. The van der Waals surface area contributed by atoms with Crippen LogP contribution in [0.2, 0.25) is 0 Å². The SMILES string of the molecule is CCCC(NC(=O)c1ccn(C)c(=O)c1)C(=O)O. The second-order valence-electron chi connectivity index (χ2n) is 4.02. The molecule has 0 spiro atoms. The molecule has 0 saturated carbocycles. The van der Waals surface area contributed by atoms with Crippen molar-refractivity contribution in [2.75, 3.05) is 0 Å². The molecule has 1 aromatic heterocycles. The predicted molar refractivity (Wildman–Crippen MR) is 65.5 cm³/mol. The predicted octanol–water partition coefficient (Wildman–Crippen LogP) is 0.368. The molecular weight excluding hydrogens is 236 g/mol. The molecule has 6 nitrogen and oxygen atoms in total. The Morgan fingerprint density at radius 1 is 1.50 bits per heavy atom. The molecule has 1 atom stereocenters. The first-order valence-corrected chi connectivity index (χ1v) is 5.66. The number of rotatable bonds is 5. The summed E-state index contributed by atoms with van der Waals surface area (Å²) in [4.78, 5) is 34.0. The molecule has 98 valence electrons. The Morgan fingerprint density at radius 2 is 2.17 bits per heavy atom. The van der Waals surface area contributed by atoms with Gasteiger partial charge < -0.3 is 15.0 Å². The average molecular weight is 252 g/mol. The van der Waals surface area contributed by atoms with Crippen molar-refractivity contribution >= 4 is 11.9 Å². The van der Waals surface area contributed by atoms with Gasteiger partial charge in [0.25, 0.3) is 11.5 Å². The van der Waals surface area contributed by atoms with E-state index in [2.05, 4.69) is 5.32 Å². The van der Waals surface area contributed by atoms with E-state index in [0.29, 0.717) is 12.8 Å². The lowest BCUT2D eigenvalue weighted by Crippen LogP contribution is -2.41. The molecule has 6 heteroatoms. The summed E-state index contributed by atoms with van der Waals surface area (Å²) in [6.07, 6.45) is 2.46. The number of nitrogens with one attached hydrogen (secondary N) is 1. The fourth-order valence-electron chi connectivity index (χ4n) is 1.48. The van der Waals surface area contributed by atoms with E-state index >= 15 is 0 Å². The molecule has 0 aliphatic heterocycles. The molecule has 1 aromatic rings. The van der Waals surface area contributed by atoms with Gasteiger partial charge in [0, 0.05) is 24.9 Å². The van der Waals surface area contributed by atoms with E-state index in [1.165, 1.54) is 22.9 Å². The van der Waals surface area contributed by atoms with Gasteiger partial charge in [0.2, 0.25) is 0 Å². The van der Waals surface area contributed by atoms with Crippen LogP contribution in [-0.2, 0) is 11.8 Å². The third-order valence-electron chi connectivity index (χ3n) is 2.55. The molecule has 2 N–H and O–H groups in total. The highest BCUT2D eigenvalue weighted by molar-refractivity contribution is 5.96. The Kier molecular flexibility index (Phi) is 4.65. The molecule has 1 unspecified atom stereocenters. The van der Waals surface area contributed by atoms with Crippen LogP contribution in [0.4, 0.5) is 0 Å². The number of hydrogen-bond donors (Lipinski definition) is 2. The van der Waals surface area contributed by atoms with Gasteiger partial charge in [-0.2, -0.15) is 0 Å². The lowest BCUT2D eigenvalue weighted by Gasteiger charge is -2.13. The van der Waals surface area contributed by atoms with Crippen LogP contribution in [0.3, 0.4) is 0 Å². The number of pyridine rings is 1. The number of carbonyl (C=O) groups excluding carboxylic acids is 1. The Labute approximate surface area is 104 Å². The fraction of sp³-hybridized carbons (Fsp3) is 0.417. The summed E-state index contributed by atoms with van der Waals surface area (Å²) in [6, 6.07) is 1.73. The van der Waals surface area contributed by atoms with Crippen molar-refractivity contribution < 1.29 is 14.7 Å². The van der Waals surface area contributed by atoms with Crippen molar-refractivity contribution in [3.8, 4) is 0 Å². The molecule has 0 aliphatic carbocycles. The standard InChI is InChI=1S/C12H16N2O4/c1-3-4-9(12(17)18)13-11(16)8-5-6-14(2)10(15)7-8/h5-7,9H,3-4H2,1-2H3,(H,13,16)(H,17,18). The molecule has 0 aromatic carbocycles. The first-order chi connectivity index (χ1) is 8.45. The maximum absolute atomic E-state index is 11.8. The normalized spacial score (nSPS) is 11.9. The van der Waals surface area contributed by atoms with E-state index in [9.17, 15) is 14.4 Å². The van der Waals surface area contributed by atoms with Gasteiger partial charge >= 0.3 is 5.97 Å². The first kappa shape index (κ1) is 14.0. The lowest BCUT2D eigenvalue weighted by molar-refractivity contribution is -0.139. The van der Waals surface area contributed by atoms with Crippen molar-refractivity contribution in [3.05, 3.63) is 34.2 Å². The molecule has 0 fully saturated rings. The quantitative estimate of drug-likeness (QED) is 0.792. The molecule has 0 radical (unpaired) electrons. The van der Waals surface area contributed by atoms with E-state index in [1.54, 1.807) is 7.05 Å². The van der Waals surface area contributed by atoms with Crippen LogP contribution < -0.4 is 10.9 Å². The van der Waals surface area contributed by atoms with Crippen LogP contribution in [0.5, 0.6) is 0 Å². The number of aliphatic carboxylic acids is 1. The van der Waals surface area contributed by atoms with E-state index in [4.69, 9.17) is 5.11 Å². The first-order valence-electron chi connectivity index (χ1n) is 5.66. The van der Waals surface area contributed by atoms with Crippen molar-refractivity contribution in [3.63, 3.8) is 0 Å². The number of carboxylic acids is 1. The second-order valence-corrected chi connectivity index (χ2v) is 4.02. The topological polar surface area (TPSA) is 88.4 Å². The molecule has 0 aliphatic rings. The zero-order valence-electron chi connectivity index (χ0n) is 10.3. The number of amides is 1. The van der Waals surface area contributed by atoms with Crippen molar-refractivity contribution in [1.82, 2.24) is 9.88 Å². The largest absolute Gasteiger partial charge is 0.480 e. The highest BCUT2D eigenvalue weighted by Gasteiger charge is 2.19. The summed E-state index contributed by atoms with van der Waals surface area (Å²) in [5.41, 5.74) is -0.148. The third kappa shape index (κ3) is 3.44. The highest BCUT2D eigenvalue weighted by atomic mass is 16.4. The van der Waals surface area contributed by atoms with Crippen LogP contribution in [-0.4, -0.2) is 27.6 Å².